The maximum atomic E-state index is 12.2. The standard InChI is InChI=1S/C16H12OS/c1-2-12-3-7-14(8-4-12)16(17)15-9-5-13(11-18)6-10-15/h1,3-10,18H,11H2. The van der Waals surface area contributed by atoms with Gasteiger partial charge in [0.2, 0.25) is 0 Å². The van der Waals surface area contributed by atoms with Crippen molar-refractivity contribution in [2.24, 2.45) is 0 Å². The molecule has 1 nitrogen and oxygen atoms in total. The van der Waals surface area contributed by atoms with Gasteiger partial charge in [0.15, 0.2) is 5.78 Å². The Hall–Kier alpha value is -1.98. The fourth-order valence-electron chi connectivity index (χ4n) is 1.65. The van der Waals surface area contributed by atoms with Crippen LogP contribution in [0.3, 0.4) is 0 Å². The molecule has 0 spiro atoms. The topological polar surface area (TPSA) is 17.1 Å². The minimum Gasteiger partial charge on any atom is -0.289 e. The Labute approximate surface area is 112 Å². The largest absolute Gasteiger partial charge is 0.289 e. The van der Waals surface area contributed by atoms with Crippen LogP contribution in [0.2, 0.25) is 0 Å². The number of benzene rings is 2. The van der Waals surface area contributed by atoms with Gasteiger partial charge >= 0.3 is 0 Å². The number of terminal acetylenes is 1. The predicted octanol–water partition coefficient (Wildman–Crippen LogP) is 3.33. The molecule has 2 aromatic rings. The third kappa shape index (κ3) is 2.64. The van der Waals surface area contributed by atoms with Gasteiger partial charge in [-0.2, -0.15) is 12.6 Å². The second-order valence-electron chi connectivity index (χ2n) is 3.91. The van der Waals surface area contributed by atoms with Crippen molar-refractivity contribution >= 4 is 18.4 Å². The predicted molar refractivity (Wildman–Crippen MR) is 76.9 cm³/mol. The molecule has 0 fully saturated rings. The Morgan fingerprint density at radius 1 is 1.00 bits per heavy atom. The highest BCUT2D eigenvalue weighted by molar-refractivity contribution is 7.79. The van der Waals surface area contributed by atoms with Gasteiger partial charge in [0.1, 0.15) is 0 Å². The maximum absolute atomic E-state index is 12.2. The van der Waals surface area contributed by atoms with Gasteiger partial charge < -0.3 is 0 Å². The number of hydrogen-bond acceptors (Lipinski definition) is 2. The quantitative estimate of drug-likeness (QED) is 0.504. The lowest BCUT2D eigenvalue weighted by atomic mass is 10.0. The number of thiol groups is 1. The van der Waals surface area contributed by atoms with Crippen LogP contribution in [0.15, 0.2) is 48.5 Å². The van der Waals surface area contributed by atoms with E-state index in [0.29, 0.717) is 16.9 Å². The van der Waals surface area contributed by atoms with Gasteiger partial charge in [0.25, 0.3) is 0 Å². The molecule has 18 heavy (non-hydrogen) atoms. The number of carbonyl (C=O) groups is 1. The second-order valence-corrected chi connectivity index (χ2v) is 4.22. The summed E-state index contributed by atoms with van der Waals surface area (Å²) in [6.45, 7) is 0. The van der Waals surface area contributed by atoms with Crippen molar-refractivity contribution in [1.82, 2.24) is 0 Å². The van der Waals surface area contributed by atoms with Crippen LogP contribution in [0, 0.1) is 12.3 Å². The lowest BCUT2D eigenvalue weighted by molar-refractivity contribution is 0.103. The van der Waals surface area contributed by atoms with Crippen LogP contribution in [-0.2, 0) is 5.75 Å². The Kier molecular flexibility index (Phi) is 3.86. The lowest BCUT2D eigenvalue weighted by Gasteiger charge is -2.02. The van der Waals surface area contributed by atoms with Crippen molar-refractivity contribution in [2.45, 2.75) is 5.75 Å². The van der Waals surface area contributed by atoms with Crippen LogP contribution in [-0.4, -0.2) is 5.78 Å². The average molecular weight is 252 g/mol. The fourth-order valence-corrected chi connectivity index (χ4v) is 1.86. The molecule has 0 aliphatic heterocycles. The SMILES string of the molecule is C#Cc1ccc(C(=O)c2ccc(CS)cc2)cc1. The normalized spacial score (nSPS) is 9.78. The minimum absolute atomic E-state index is 0.00397. The van der Waals surface area contributed by atoms with Gasteiger partial charge in [-0.05, 0) is 29.8 Å². The Bertz CT molecular complexity index is 588. The van der Waals surface area contributed by atoms with E-state index in [1.807, 2.05) is 24.3 Å². The molecule has 0 atom stereocenters. The second kappa shape index (κ2) is 5.57. The number of ketones is 1. The van der Waals surface area contributed by atoms with E-state index in [1.165, 1.54) is 0 Å². The lowest BCUT2D eigenvalue weighted by Crippen LogP contribution is -2.01. The van der Waals surface area contributed by atoms with Gasteiger partial charge in [-0.15, -0.1) is 6.42 Å². The summed E-state index contributed by atoms with van der Waals surface area (Å²) in [5.41, 5.74) is 3.19. The van der Waals surface area contributed by atoms with Crippen molar-refractivity contribution in [3.8, 4) is 12.3 Å². The summed E-state index contributed by atoms with van der Waals surface area (Å²) < 4.78 is 0. The summed E-state index contributed by atoms with van der Waals surface area (Å²) in [5, 5.41) is 0. The summed E-state index contributed by atoms with van der Waals surface area (Å²) in [5.74, 6) is 3.20. The van der Waals surface area contributed by atoms with Gasteiger partial charge in [0, 0.05) is 22.4 Å². The summed E-state index contributed by atoms with van der Waals surface area (Å²) in [6.07, 6.45) is 5.28. The minimum atomic E-state index is 0.00397. The van der Waals surface area contributed by atoms with Crippen molar-refractivity contribution in [1.29, 1.82) is 0 Å². The molecule has 0 aromatic heterocycles. The Balaban J connectivity index is 2.26. The zero-order valence-electron chi connectivity index (χ0n) is 9.76. The average Bonchev–Trinajstić information content (AvgIpc) is 2.47. The van der Waals surface area contributed by atoms with Crippen LogP contribution in [0.5, 0.6) is 0 Å². The highest BCUT2D eigenvalue weighted by atomic mass is 32.1. The van der Waals surface area contributed by atoms with Crippen LogP contribution in [0.1, 0.15) is 27.0 Å². The number of hydrogen-bond donors (Lipinski definition) is 1. The highest BCUT2D eigenvalue weighted by Gasteiger charge is 2.08. The van der Waals surface area contributed by atoms with E-state index in [4.69, 9.17) is 6.42 Å². The smallest absolute Gasteiger partial charge is 0.193 e. The van der Waals surface area contributed by atoms with E-state index in [-0.39, 0.29) is 5.78 Å². The monoisotopic (exact) mass is 252 g/mol. The summed E-state index contributed by atoms with van der Waals surface area (Å²) >= 11 is 4.18. The van der Waals surface area contributed by atoms with E-state index in [0.717, 1.165) is 11.1 Å². The molecule has 0 amide bonds. The zero-order chi connectivity index (χ0) is 13.0. The Morgan fingerprint density at radius 3 is 1.94 bits per heavy atom. The van der Waals surface area contributed by atoms with E-state index in [1.54, 1.807) is 24.3 Å². The number of carbonyl (C=O) groups excluding carboxylic acids is 1. The molecule has 0 saturated heterocycles. The van der Waals surface area contributed by atoms with Gasteiger partial charge in [0.05, 0.1) is 0 Å². The molecule has 88 valence electrons. The van der Waals surface area contributed by atoms with E-state index in [2.05, 4.69) is 18.5 Å². The van der Waals surface area contributed by atoms with Crippen molar-refractivity contribution < 1.29 is 4.79 Å². The van der Waals surface area contributed by atoms with Gasteiger partial charge in [-0.1, -0.05) is 30.2 Å². The zero-order valence-corrected chi connectivity index (χ0v) is 10.7. The first-order valence-corrected chi connectivity index (χ1v) is 6.19. The molecule has 0 radical (unpaired) electrons. The van der Waals surface area contributed by atoms with Crippen molar-refractivity contribution in [2.75, 3.05) is 0 Å². The maximum Gasteiger partial charge on any atom is 0.193 e. The molecule has 0 aliphatic rings. The molecule has 2 rings (SSSR count). The molecule has 0 aliphatic carbocycles. The molecule has 0 heterocycles. The highest BCUT2D eigenvalue weighted by Crippen LogP contribution is 2.13. The molecule has 2 aromatic carbocycles. The van der Waals surface area contributed by atoms with E-state index >= 15 is 0 Å². The first-order valence-electron chi connectivity index (χ1n) is 5.56. The van der Waals surface area contributed by atoms with Gasteiger partial charge in [-0.25, -0.2) is 0 Å². The summed E-state index contributed by atoms with van der Waals surface area (Å²) in [6, 6.07) is 14.5. The first kappa shape index (κ1) is 12.5. The summed E-state index contributed by atoms with van der Waals surface area (Å²) in [4.78, 5) is 12.2. The van der Waals surface area contributed by atoms with Crippen LogP contribution in [0.4, 0.5) is 0 Å². The molecule has 0 saturated carbocycles. The first-order chi connectivity index (χ1) is 8.74. The number of rotatable bonds is 3. The van der Waals surface area contributed by atoms with E-state index < -0.39 is 0 Å². The molecule has 0 bridgehead atoms. The molecule has 2 heteroatoms. The molecule has 0 N–H and O–H groups in total. The molecule has 0 unspecified atom stereocenters. The summed E-state index contributed by atoms with van der Waals surface area (Å²) in [7, 11) is 0. The van der Waals surface area contributed by atoms with Crippen molar-refractivity contribution in [3.05, 3.63) is 70.8 Å². The fraction of sp³-hybridized carbons (Fsp3) is 0.0625. The third-order valence-electron chi connectivity index (χ3n) is 2.71. The molecular formula is C16H12OS. The van der Waals surface area contributed by atoms with E-state index in [9.17, 15) is 4.79 Å². The van der Waals surface area contributed by atoms with Crippen LogP contribution < -0.4 is 0 Å². The molecular weight excluding hydrogens is 240 g/mol. The third-order valence-corrected chi connectivity index (χ3v) is 3.08. The Morgan fingerprint density at radius 2 is 1.50 bits per heavy atom. The van der Waals surface area contributed by atoms with Crippen LogP contribution in [0.25, 0.3) is 0 Å². The van der Waals surface area contributed by atoms with Crippen molar-refractivity contribution in [3.63, 3.8) is 0 Å². The van der Waals surface area contributed by atoms with Crippen LogP contribution >= 0.6 is 12.6 Å². The van der Waals surface area contributed by atoms with Gasteiger partial charge in [-0.3, -0.25) is 4.79 Å².